The summed E-state index contributed by atoms with van der Waals surface area (Å²) in [6.07, 6.45) is 0. The van der Waals surface area contributed by atoms with E-state index >= 15 is 0 Å². The van der Waals surface area contributed by atoms with Crippen molar-refractivity contribution in [3.8, 4) is 22.6 Å². The van der Waals surface area contributed by atoms with Crippen LogP contribution in [0.2, 0.25) is 0 Å². The molecule has 120 valence electrons. The summed E-state index contributed by atoms with van der Waals surface area (Å²) in [4.78, 5) is 12.9. The van der Waals surface area contributed by atoms with E-state index in [1.54, 1.807) is 38.5 Å². The van der Waals surface area contributed by atoms with E-state index in [0.717, 1.165) is 22.6 Å². The number of carbonyl (C=O) groups excluding carboxylic acids is 1. The molecule has 3 aromatic carbocycles. The number of methoxy groups -OCH3 is 2. The van der Waals surface area contributed by atoms with Crippen molar-refractivity contribution >= 4 is 5.78 Å². The fourth-order valence-corrected chi connectivity index (χ4v) is 2.60. The maximum atomic E-state index is 12.9. The van der Waals surface area contributed by atoms with Gasteiger partial charge in [-0.3, -0.25) is 4.79 Å². The SMILES string of the molecule is COc1ccc(C(=O)c2ccccc2-c2ccc(OC)cc2)cc1. The van der Waals surface area contributed by atoms with Gasteiger partial charge in [0, 0.05) is 11.1 Å². The number of ether oxygens (including phenoxy) is 2. The minimum Gasteiger partial charge on any atom is -0.497 e. The maximum absolute atomic E-state index is 12.9. The van der Waals surface area contributed by atoms with Gasteiger partial charge in [0.25, 0.3) is 0 Å². The Kier molecular flexibility index (Phi) is 4.62. The predicted octanol–water partition coefficient (Wildman–Crippen LogP) is 4.60. The van der Waals surface area contributed by atoms with Gasteiger partial charge in [0.15, 0.2) is 5.78 Å². The van der Waals surface area contributed by atoms with Crippen molar-refractivity contribution in [3.05, 3.63) is 83.9 Å². The molecule has 0 radical (unpaired) electrons. The zero-order valence-electron chi connectivity index (χ0n) is 13.7. The summed E-state index contributed by atoms with van der Waals surface area (Å²) in [5, 5.41) is 0. The molecule has 0 N–H and O–H groups in total. The average Bonchev–Trinajstić information content (AvgIpc) is 2.67. The molecule has 0 saturated heterocycles. The Morgan fingerprint density at radius 2 is 1.25 bits per heavy atom. The summed E-state index contributed by atoms with van der Waals surface area (Å²) in [7, 11) is 3.24. The van der Waals surface area contributed by atoms with E-state index in [1.165, 1.54) is 0 Å². The van der Waals surface area contributed by atoms with E-state index < -0.39 is 0 Å². The van der Waals surface area contributed by atoms with Crippen LogP contribution in [-0.2, 0) is 0 Å². The van der Waals surface area contributed by atoms with E-state index in [2.05, 4.69) is 0 Å². The molecule has 3 nitrogen and oxygen atoms in total. The van der Waals surface area contributed by atoms with E-state index in [-0.39, 0.29) is 5.78 Å². The molecule has 0 aromatic heterocycles. The van der Waals surface area contributed by atoms with Crippen molar-refractivity contribution in [3.63, 3.8) is 0 Å². The van der Waals surface area contributed by atoms with Crippen LogP contribution in [0.3, 0.4) is 0 Å². The molecule has 3 rings (SSSR count). The molecule has 0 aliphatic rings. The van der Waals surface area contributed by atoms with E-state index in [1.807, 2.05) is 48.5 Å². The van der Waals surface area contributed by atoms with Crippen LogP contribution in [0.25, 0.3) is 11.1 Å². The standard InChI is InChI=1S/C21H18O3/c1-23-17-11-7-15(8-12-17)19-5-3-4-6-20(19)21(22)16-9-13-18(24-2)14-10-16/h3-14H,1-2H3. The fraction of sp³-hybridized carbons (Fsp3) is 0.0952. The minimum absolute atomic E-state index is 0.0101. The highest BCUT2D eigenvalue weighted by Crippen LogP contribution is 2.27. The lowest BCUT2D eigenvalue weighted by Crippen LogP contribution is -2.03. The normalized spacial score (nSPS) is 10.2. The Labute approximate surface area is 141 Å². The third kappa shape index (κ3) is 3.15. The maximum Gasteiger partial charge on any atom is 0.193 e. The molecule has 0 spiro atoms. The van der Waals surface area contributed by atoms with Gasteiger partial charge in [-0.2, -0.15) is 0 Å². The molecule has 24 heavy (non-hydrogen) atoms. The summed E-state index contributed by atoms with van der Waals surface area (Å²) < 4.78 is 10.3. The van der Waals surface area contributed by atoms with Crippen LogP contribution < -0.4 is 9.47 Å². The third-order valence-electron chi connectivity index (χ3n) is 3.92. The number of carbonyl (C=O) groups is 1. The molecule has 0 bridgehead atoms. The Bertz CT molecular complexity index is 834. The van der Waals surface area contributed by atoms with Crippen LogP contribution in [0.15, 0.2) is 72.8 Å². The van der Waals surface area contributed by atoms with Crippen molar-refractivity contribution in [2.24, 2.45) is 0 Å². The van der Waals surface area contributed by atoms with E-state index in [0.29, 0.717) is 11.1 Å². The van der Waals surface area contributed by atoms with Gasteiger partial charge in [0.2, 0.25) is 0 Å². The molecule has 0 saturated carbocycles. The van der Waals surface area contributed by atoms with Gasteiger partial charge < -0.3 is 9.47 Å². The number of hydrogen-bond donors (Lipinski definition) is 0. The Morgan fingerprint density at radius 3 is 1.83 bits per heavy atom. The molecule has 0 amide bonds. The first kappa shape index (κ1) is 15.8. The number of ketones is 1. The quantitative estimate of drug-likeness (QED) is 0.645. The van der Waals surface area contributed by atoms with Gasteiger partial charge >= 0.3 is 0 Å². The largest absolute Gasteiger partial charge is 0.497 e. The van der Waals surface area contributed by atoms with Gasteiger partial charge in [-0.15, -0.1) is 0 Å². The van der Waals surface area contributed by atoms with Crippen molar-refractivity contribution in [1.82, 2.24) is 0 Å². The Hall–Kier alpha value is -3.07. The predicted molar refractivity (Wildman–Crippen MR) is 94.9 cm³/mol. The van der Waals surface area contributed by atoms with E-state index in [9.17, 15) is 4.79 Å². The van der Waals surface area contributed by atoms with Crippen molar-refractivity contribution in [2.45, 2.75) is 0 Å². The highest BCUT2D eigenvalue weighted by atomic mass is 16.5. The second kappa shape index (κ2) is 7.01. The second-order valence-electron chi connectivity index (χ2n) is 5.33. The summed E-state index contributed by atoms with van der Waals surface area (Å²) in [6, 6.07) is 22.5. The monoisotopic (exact) mass is 318 g/mol. The lowest BCUT2D eigenvalue weighted by molar-refractivity contribution is 0.103. The summed E-state index contributed by atoms with van der Waals surface area (Å²) in [5.74, 6) is 1.51. The summed E-state index contributed by atoms with van der Waals surface area (Å²) >= 11 is 0. The van der Waals surface area contributed by atoms with Gasteiger partial charge in [-0.1, -0.05) is 36.4 Å². The molecule has 0 fully saturated rings. The Balaban J connectivity index is 1.99. The molecule has 3 aromatic rings. The zero-order chi connectivity index (χ0) is 16.9. The van der Waals surface area contributed by atoms with Crippen LogP contribution >= 0.6 is 0 Å². The lowest BCUT2D eigenvalue weighted by Gasteiger charge is -2.10. The first-order valence-electron chi connectivity index (χ1n) is 7.65. The smallest absolute Gasteiger partial charge is 0.193 e. The molecule has 3 heteroatoms. The second-order valence-corrected chi connectivity index (χ2v) is 5.33. The fourth-order valence-electron chi connectivity index (χ4n) is 2.60. The summed E-state index contributed by atoms with van der Waals surface area (Å²) in [6.45, 7) is 0. The topological polar surface area (TPSA) is 35.5 Å². The van der Waals surface area contributed by atoms with Gasteiger partial charge in [0.05, 0.1) is 14.2 Å². The van der Waals surface area contributed by atoms with Gasteiger partial charge in [0.1, 0.15) is 11.5 Å². The van der Waals surface area contributed by atoms with Crippen LogP contribution in [0.5, 0.6) is 11.5 Å². The number of hydrogen-bond acceptors (Lipinski definition) is 3. The summed E-state index contributed by atoms with van der Waals surface area (Å²) in [5.41, 5.74) is 3.19. The molecule has 0 aliphatic heterocycles. The van der Waals surface area contributed by atoms with E-state index in [4.69, 9.17) is 9.47 Å². The van der Waals surface area contributed by atoms with Gasteiger partial charge in [-0.05, 0) is 47.5 Å². The first-order valence-corrected chi connectivity index (χ1v) is 7.65. The number of rotatable bonds is 5. The molecule has 0 heterocycles. The van der Waals surface area contributed by atoms with Crippen molar-refractivity contribution in [2.75, 3.05) is 14.2 Å². The molecular formula is C21H18O3. The minimum atomic E-state index is -0.0101. The molecule has 0 aliphatic carbocycles. The van der Waals surface area contributed by atoms with Crippen LogP contribution in [0.1, 0.15) is 15.9 Å². The lowest BCUT2D eigenvalue weighted by atomic mass is 9.94. The van der Waals surface area contributed by atoms with Crippen LogP contribution in [-0.4, -0.2) is 20.0 Å². The van der Waals surface area contributed by atoms with Gasteiger partial charge in [-0.25, -0.2) is 0 Å². The average molecular weight is 318 g/mol. The highest BCUT2D eigenvalue weighted by Gasteiger charge is 2.14. The number of benzene rings is 3. The third-order valence-corrected chi connectivity index (χ3v) is 3.92. The Morgan fingerprint density at radius 1 is 0.708 bits per heavy atom. The molecular weight excluding hydrogens is 300 g/mol. The highest BCUT2D eigenvalue weighted by molar-refractivity contribution is 6.12. The van der Waals surface area contributed by atoms with Crippen LogP contribution in [0, 0.1) is 0 Å². The van der Waals surface area contributed by atoms with Crippen molar-refractivity contribution < 1.29 is 14.3 Å². The van der Waals surface area contributed by atoms with Crippen LogP contribution in [0.4, 0.5) is 0 Å². The zero-order valence-corrected chi connectivity index (χ0v) is 13.7. The molecule has 0 unspecified atom stereocenters. The first-order chi connectivity index (χ1) is 11.7. The molecule has 0 atom stereocenters. The van der Waals surface area contributed by atoms with Crippen molar-refractivity contribution in [1.29, 1.82) is 0 Å².